The first kappa shape index (κ1) is 25.0. The van der Waals surface area contributed by atoms with Crippen LogP contribution in [0.4, 0.5) is 0 Å². The Morgan fingerprint density at radius 1 is 0.600 bits per heavy atom. The second-order valence-electron chi connectivity index (χ2n) is 7.80. The molecule has 0 aromatic rings. The van der Waals surface area contributed by atoms with Crippen LogP contribution >= 0.6 is 11.1 Å². The van der Waals surface area contributed by atoms with E-state index in [9.17, 15) is 0 Å². The van der Waals surface area contributed by atoms with E-state index in [4.69, 9.17) is 11.1 Å². The van der Waals surface area contributed by atoms with Crippen LogP contribution in [0, 0.1) is 0 Å². The molecule has 0 saturated heterocycles. The number of hydrogen-bond donors (Lipinski definition) is 0. The van der Waals surface area contributed by atoms with Gasteiger partial charge in [-0.05, 0) is 43.8 Å². The molecular weight excluding hydrogens is 340 g/mol. The van der Waals surface area contributed by atoms with Crippen molar-refractivity contribution in [2.45, 2.75) is 121 Å². The van der Waals surface area contributed by atoms with Crippen molar-refractivity contribution in [2.75, 3.05) is 0 Å². The van der Waals surface area contributed by atoms with E-state index >= 15 is 0 Å². The molecule has 0 aromatic heterocycles. The van der Waals surface area contributed by atoms with Gasteiger partial charge in [0.25, 0.3) is 0 Å². The zero-order chi connectivity index (χ0) is 18.6. The fraction of sp³-hybridized carbons (Fsp3) is 0.826. The summed E-state index contributed by atoms with van der Waals surface area (Å²) < 4.78 is 0. The molecule has 0 rings (SSSR count). The minimum absolute atomic E-state index is 1.18. The average Bonchev–Trinajstić information content (AvgIpc) is 2.60. The van der Waals surface area contributed by atoms with Gasteiger partial charge in [-0.2, -0.15) is 11.1 Å². The number of rotatable bonds is 20. The Morgan fingerprint density at radius 3 is 1.32 bits per heavy atom. The quantitative estimate of drug-likeness (QED) is 0.0847. The van der Waals surface area contributed by atoms with Crippen LogP contribution in [0.2, 0.25) is 18.1 Å². The van der Waals surface area contributed by atoms with Crippen LogP contribution < -0.4 is 0 Å². The highest BCUT2D eigenvalue weighted by atomic mass is 35.6. The minimum atomic E-state index is -1.47. The van der Waals surface area contributed by atoms with Crippen molar-refractivity contribution in [3.63, 3.8) is 0 Å². The smallest absolute Gasteiger partial charge is 0.156 e. The van der Waals surface area contributed by atoms with Gasteiger partial charge in [0.2, 0.25) is 0 Å². The third kappa shape index (κ3) is 17.2. The first-order chi connectivity index (χ1) is 12.2. The first-order valence-corrected chi connectivity index (χ1v) is 14.7. The van der Waals surface area contributed by atoms with E-state index < -0.39 is 7.38 Å². The lowest BCUT2D eigenvalue weighted by Gasteiger charge is -2.24. The largest absolute Gasteiger partial charge is 0.167 e. The van der Waals surface area contributed by atoms with E-state index in [-0.39, 0.29) is 0 Å². The minimum Gasteiger partial charge on any atom is -0.167 e. The highest BCUT2D eigenvalue weighted by Gasteiger charge is 2.28. The van der Waals surface area contributed by atoms with Crippen LogP contribution in [-0.4, -0.2) is 7.38 Å². The predicted octanol–water partition coefficient (Wildman–Crippen LogP) is 9.41. The van der Waals surface area contributed by atoms with Crippen molar-refractivity contribution in [3.05, 3.63) is 25.3 Å². The fourth-order valence-corrected chi connectivity index (χ4v) is 8.48. The second kappa shape index (κ2) is 18.8. The Kier molecular flexibility index (Phi) is 18.8. The maximum absolute atomic E-state index is 7.12. The third-order valence-corrected chi connectivity index (χ3v) is 10.9. The van der Waals surface area contributed by atoms with Gasteiger partial charge in [0.15, 0.2) is 7.38 Å². The van der Waals surface area contributed by atoms with Gasteiger partial charge in [0.05, 0.1) is 0 Å². The molecule has 0 aromatic carbocycles. The van der Waals surface area contributed by atoms with Crippen molar-refractivity contribution >= 4 is 18.5 Å². The molecule has 0 aliphatic carbocycles. The van der Waals surface area contributed by atoms with Gasteiger partial charge in [-0.25, -0.2) is 0 Å². The third-order valence-electron chi connectivity index (χ3n) is 5.26. The molecule has 0 radical (unpaired) electrons. The lowest BCUT2D eigenvalue weighted by atomic mass is 10.1. The van der Waals surface area contributed by atoms with E-state index in [1.54, 1.807) is 0 Å². The summed E-state index contributed by atoms with van der Waals surface area (Å²) in [4.78, 5) is 0. The van der Waals surface area contributed by atoms with Gasteiger partial charge < -0.3 is 0 Å². The molecule has 0 N–H and O–H groups in total. The first-order valence-electron chi connectivity index (χ1n) is 11.1. The topological polar surface area (TPSA) is 0 Å². The maximum atomic E-state index is 7.12. The Labute approximate surface area is 165 Å². The summed E-state index contributed by atoms with van der Waals surface area (Å²) in [5.41, 5.74) is 0. The van der Waals surface area contributed by atoms with E-state index in [1.165, 1.54) is 114 Å². The number of hydrogen-bond acceptors (Lipinski definition) is 0. The average molecular weight is 385 g/mol. The van der Waals surface area contributed by atoms with Crippen LogP contribution in [0.15, 0.2) is 25.3 Å². The van der Waals surface area contributed by atoms with E-state index in [0.29, 0.717) is 0 Å². The van der Waals surface area contributed by atoms with Gasteiger partial charge in [-0.3, -0.25) is 0 Å². The molecule has 0 aliphatic rings. The molecule has 0 heterocycles. The van der Waals surface area contributed by atoms with Crippen molar-refractivity contribution in [1.29, 1.82) is 0 Å². The van der Waals surface area contributed by atoms with Crippen LogP contribution in [-0.2, 0) is 0 Å². The van der Waals surface area contributed by atoms with Gasteiger partial charge >= 0.3 is 0 Å². The van der Waals surface area contributed by atoms with Crippen molar-refractivity contribution in [2.24, 2.45) is 0 Å². The molecule has 0 unspecified atom stereocenters. The van der Waals surface area contributed by atoms with E-state index in [1.807, 2.05) is 12.2 Å². The normalized spacial score (nSPS) is 11.6. The van der Waals surface area contributed by atoms with Crippen LogP contribution in [0.25, 0.3) is 0 Å². The molecule has 0 nitrogen and oxygen atoms in total. The molecule has 0 aliphatic heterocycles. The molecule has 0 saturated carbocycles. The highest BCUT2D eigenvalue weighted by molar-refractivity contribution is 7.20. The Morgan fingerprint density at radius 2 is 0.960 bits per heavy atom. The summed E-state index contributed by atoms with van der Waals surface area (Å²) in [5, 5.41) is 0. The van der Waals surface area contributed by atoms with Crippen molar-refractivity contribution < 1.29 is 0 Å². The Bertz CT molecular complexity index is 276. The summed E-state index contributed by atoms with van der Waals surface area (Å²) in [6, 6.07) is 4.04. The summed E-state index contributed by atoms with van der Waals surface area (Å²) in [6.07, 6.45) is 24.2. The summed E-state index contributed by atoms with van der Waals surface area (Å²) >= 11 is 7.12. The molecular formula is C23H45ClSi. The SMILES string of the molecule is C=CCCCCCCCC[Si](Cl)(CCC)CCCCCCCCC=C. The van der Waals surface area contributed by atoms with Crippen LogP contribution in [0.5, 0.6) is 0 Å². The molecule has 0 fully saturated rings. The zero-order valence-corrected chi connectivity index (χ0v) is 18.9. The fourth-order valence-electron chi connectivity index (χ4n) is 3.70. The Balaban J connectivity index is 3.69. The summed E-state index contributed by atoms with van der Waals surface area (Å²) in [5.74, 6) is 0. The monoisotopic (exact) mass is 384 g/mol. The van der Waals surface area contributed by atoms with Gasteiger partial charge in [0, 0.05) is 0 Å². The number of allylic oxidation sites excluding steroid dienone is 2. The van der Waals surface area contributed by atoms with E-state index in [2.05, 4.69) is 20.1 Å². The summed E-state index contributed by atoms with van der Waals surface area (Å²) in [7, 11) is -1.47. The van der Waals surface area contributed by atoms with Crippen LogP contribution in [0.3, 0.4) is 0 Å². The lowest BCUT2D eigenvalue weighted by Crippen LogP contribution is -2.26. The standard InChI is InChI=1S/C23H45ClSi/c1-4-7-9-11-13-15-17-19-22-25(24,21-6-3)23-20-18-16-14-12-10-8-5-2/h4-5H,1-2,6-23H2,3H3. The Hall–Kier alpha value is -0.0131. The molecule has 0 spiro atoms. The molecule has 148 valence electrons. The van der Waals surface area contributed by atoms with E-state index in [0.717, 1.165) is 0 Å². The molecule has 0 amide bonds. The molecule has 0 atom stereocenters. The van der Waals surface area contributed by atoms with Gasteiger partial charge in [-0.1, -0.05) is 89.7 Å². The van der Waals surface area contributed by atoms with Crippen LogP contribution in [0.1, 0.15) is 103 Å². The lowest BCUT2D eigenvalue weighted by molar-refractivity contribution is 0.603. The second-order valence-corrected chi connectivity index (χ2v) is 14.0. The zero-order valence-electron chi connectivity index (χ0n) is 17.2. The van der Waals surface area contributed by atoms with Crippen molar-refractivity contribution in [1.82, 2.24) is 0 Å². The van der Waals surface area contributed by atoms with Crippen molar-refractivity contribution in [3.8, 4) is 0 Å². The van der Waals surface area contributed by atoms with Gasteiger partial charge in [0.1, 0.15) is 0 Å². The summed E-state index contributed by atoms with van der Waals surface area (Å²) in [6.45, 7) is 9.89. The number of unbranched alkanes of at least 4 members (excludes halogenated alkanes) is 12. The number of halogens is 1. The molecule has 25 heavy (non-hydrogen) atoms. The van der Waals surface area contributed by atoms with Gasteiger partial charge in [-0.15, -0.1) is 13.2 Å². The predicted molar refractivity (Wildman–Crippen MR) is 121 cm³/mol. The maximum Gasteiger partial charge on any atom is 0.156 e. The molecule has 0 bridgehead atoms. The highest BCUT2D eigenvalue weighted by Crippen LogP contribution is 2.32. The molecule has 2 heteroatoms.